The zero-order valence-corrected chi connectivity index (χ0v) is 22.4. The standard InChI is InChI=1S/2C12H15FO5S/c2*1-19(15,16)17-7-10(14)12-4-2-8-6-9(13)3-5-11(8)18-12/h2*3,5-6,10,12,14H,2,4,7H2,1H3/t2*10-,12-/m10/s1. The first-order chi connectivity index (χ1) is 17.7. The Morgan fingerprint density at radius 3 is 1.50 bits per heavy atom. The number of aryl methyl sites for hydroxylation is 2. The van der Waals surface area contributed by atoms with Crippen LogP contribution in [0.25, 0.3) is 0 Å². The Labute approximate surface area is 220 Å². The molecular weight excluding hydrogens is 550 g/mol. The van der Waals surface area contributed by atoms with Crippen LogP contribution in [0.5, 0.6) is 11.5 Å². The summed E-state index contributed by atoms with van der Waals surface area (Å²) in [6.45, 7) is -0.694. The van der Waals surface area contributed by atoms with Crippen molar-refractivity contribution >= 4 is 20.2 Å². The second-order valence-electron chi connectivity index (χ2n) is 9.01. The fourth-order valence-electron chi connectivity index (χ4n) is 3.90. The van der Waals surface area contributed by atoms with Crippen molar-refractivity contribution in [1.82, 2.24) is 0 Å². The zero-order valence-electron chi connectivity index (χ0n) is 20.7. The third-order valence-corrected chi connectivity index (χ3v) is 6.89. The number of ether oxygens (including phenoxy) is 2. The summed E-state index contributed by atoms with van der Waals surface area (Å²) in [5.74, 6) is 0.357. The third kappa shape index (κ3) is 9.43. The van der Waals surface area contributed by atoms with E-state index in [9.17, 15) is 35.8 Å². The lowest BCUT2D eigenvalue weighted by molar-refractivity contribution is -0.00188. The minimum atomic E-state index is -3.59. The second kappa shape index (κ2) is 12.7. The second-order valence-corrected chi connectivity index (χ2v) is 12.3. The first-order valence-electron chi connectivity index (χ1n) is 11.7. The monoisotopic (exact) mass is 580 g/mol. The van der Waals surface area contributed by atoms with Crippen LogP contribution in [0.3, 0.4) is 0 Å². The molecule has 0 aromatic heterocycles. The highest BCUT2D eigenvalue weighted by Crippen LogP contribution is 2.30. The van der Waals surface area contributed by atoms with Gasteiger partial charge in [-0.15, -0.1) is 0 Å². The number of halogens is 2. The molecular formula is C24H30F2O10S2. The summed E-state index contributed by atoms with van der Waals surface area (Å²) in [5.41, 5.74) is 1.49. The van der Waals surface area contributed by atoms with E-state index < -0.39 is 44.7 Å². The van der Waals surface area contributed by atoms with E-state index in [2.05, 4.69) is 8.37 Å². The van der Waals surface area contributed by atoms with E-state index in [0.717, 1.165) is 23.6 Å². The Kier molecular flexibility index (Phi) is 10.1. The lowest BCUT2D eigenvalue weighted by Gasteiger charge is -2.29. The Balaban J connectivity index is 0.000000211. The van der Waals surface area contributed by atoms with Crippen LogP contribution < -0.4 is 9.47 Å². The molecule has 212 valence electrons. The van der Waals surface area contributed by atoms with Gasteiger partial charge in [-0.3, -0.25) is 8.37 Å². The van der Waals surface area contributed by atoms with Crippen molar-refractivity contribution in [3.8, 4) is 11.5 Å². The maximum atomic E-state index is 13.0. The van der Waals surface area contributed by atoms with Gasteiger partial charge < -0.3 is 19.7 Å². The number of hydrogen-bond acceptors (Lipinski definition) is 10. The van der Waals surface area contributed by atoms with E-state index in [-0.39, 0.29) is 24.8 Å². The summed E-state index contributed by atoms with van der Waals surface area (Å²) in [6.07, 6.45) is 0.705. The molecule has 2 aromatic carbocycles. The van der Waals surface area contributed by atoms with Crippen LogP contribution in [0.4, 0.5) is 8.78 Å². The summed E-state index contributed by atoms with van der Waals surface area (Å²) in [4.78, 5) is 0. The van der Waals surface area contributed by atoms with Gasteiger partial charge in [0.2, 0.25) is 0 Å². The fraction of sp³-hybridized carbons (Fsp3) is 0.500. The Morgan fingerprint density at radius 1 is 0.789 bits per heavy atom. The van der Waals surface area contributed by atoms with E-state index in [1.165, 1.54) is 36.4 Å². The summed E-state index contributed by atoms with van der Waals surface area (Å²) in [6, 6.07) is 8.35. The number of hydrogen-bond donors (Lipinski definition) is 2. The van der Waals surface area contributed by atoms with Crippen LogP contribution in [0.15, 0.2) is 36.4 Å². The molecule has 0 bridgehead atoms. The summed E-state index contributed by atoms with van der Waals surface area (Å²) < 4.78 is 89.5. The van der Waals surface area contributed by atoms with Gasteiger partial charge in [-0.2, -0.15) is 16.8 Å². The van der Waals surface area contributed by atoms with Gasteiger partial charge in [0.1, 0.15) is 47.5 Å². The zero-order chi connectivity index (χ0) is 28.1. The average molecular weight is 581 g/mol. The summed E-state index contributed by atoms with van der Waals surface area (Å²) in [7, 11) is -7.18. The van der Waals surface area contributed by atoms with E-state index in [1.54, 1.807) is 0 Å². The van der Waals surface area contributed by atoms with E-state index in [0.29, 0.717) is 37.2 Å². The SMILES string of the molecule is CS(=O)(=O)OC[C@@H](O)[C@H]1CCc2cc(F)ccc2O1.CS(=O)(=O)OC[C@H](O)[C@@H]1CCc2cc(F)ccc2O1. The first kappa shape index (κ1) is 30.2. The van der Waals surface area contributed by atoms with Crippen LogP contribution in [-0.4, -0.2) is 77.2 Å². The molecule has 4 atom stereocenters. The molecule has 0 radical (unpaired) electrons. The molecule has 10 nitrogen and oxygen atoms in total. The highest BCUT2D eigenvalue weighted by atomic mass is 32.2. The molecule has 0 spiro atoms. The van der Waals surface area contributed by atoms with Crippen molar-refractivity contribution in [3.05, 3.63) is 59.2 Å². The van der Waals surface area contributed by atoms with Gasteiger partial charge in [0.25, 0.3) is 20.2 Å². The molecule has 14 heteroatoms. The largest absolute Gasteiger partial charge is 0.487 e. The lowest BCUT2D eigenvalue weighted by Crippen LogP contribution is -2.38. The normalized spacial score (nSPS) is 20.5. The van der Waals surface area contributed by atoms with Crippen molar-refractivity contribution in [2.24, 2.45) is 0 Å². The average Bonchev–Trinajstić information content (AvgIpc) is 2.84. The van der Waals surface area contributed by atoms with Gasteiger partial charge in [0.05, 0.1) is 25.7 Å². The lowest BCUT2D eigenvalue weighted by atomic mass is 9.99. The Morgan fingerprint density at radius 2 is 1.16 bits per heavy atom. The maximum Gasteiger partial charge on any atom is 0.264 e. The van der Waals surface area contributed by atoms with E-state index in [1.807, 2.05) is 0 Å². The van der Waals surface area contributed by atoms with Gasteiger partial charge in [0, 0.05) is 0 Å². The molecule has 2 aromatic rings. The third-order valence-electron chi connectivity index (χ3n) is 5.76. The maximum absolute atomic E-state index is 13.0. The number of rotatable bonds is 8. The molecule has 2 aliphatic rings. The molecule has 0 amide bonds. The Bertz CT molecular complexity index is 1220. The molecule has 0 unspecified atom stereocenters. The molecule has 4 rings (SSSR count). The number of benzene rings is 2. The molecule has 0 saturated carbocycles. The van der Waals surface area contributed by atoms with Crippen molar-refractivity contribution in [2.75, 3.05) is 25.7 Å². The summed E-state index contributed by atoms with van der Waals surface area (Å²) in [5, 5.41) is 19.7. The highest BCUT2D eigenvalue weighted by Gasteiger charge is 2.29. The van der Waals surface area contributed by atoms with Gasteiger partial charge in [-0.05, 0) is 73.2 Å². The molecule has 0 aliphatic carbocycles. The molecule has 2 N–H and O–H groups in total. The van der Waals surface area contributed by atoms with Crippen molar-refractivity contribution < 1.29 is 53.7 Å². The number of aliphatic hydroxyl groups is 2. The van der Waals surface area contributed by atoms with E-state index in [4.69, 9.17) is 9.47 Å². The topological polar surface area (TPSA) is 146 Å². The highest BCUT2D eigenvalue weighted by molar-refractivity contribution is 7.86. The summed E-state index contributed by atoms with van der Waals surface area (Å²) >= 11 is 0. The van der Waals surface area contributed by atoms with Crippen LogP contribution >= 0.6 is 0 Å². The van der Waals surface area contributed by atoms with Crippen molar-refractivity contribution in [1.29, 1.82) is 0 Å². The quantitative estimate of drug-likeness (QED) is 0.443. The van der Waals surface area contributed by atoms with Gasteiger partial charge >= 0.3 is 0 Å². The fourth-order valence-corrected chi connectivity index (χ4v) is 4.67. The van der Waals surface area contributed by atoms with Crippen LogP contribution in [-0.2, 0) is 41.4 Å². The smallest absolute Gasteiger partial charge is 0.264 e. The van der Waals surface area contributed by atoms with Crippen molar-refractivity contribution in [2.45, 2.75) is 50.1 Å². The number of aliphatic hydroxyl groups excluding tert-OH is 2. The predicted octanol–water partition coefficient (Wildman–Crippen LogP) is 1.71. The molecule has 2 aliphatic heterocycles. The molecule has 0 saturated heterocycles. The van der Waals surface area contributed by atoms with Crippen LogP contribution in [0, 0.1) is 11.6 Å². The van der Waals surface area contributed by atoms with Crippen LogP contribution in [0.2, 0.25) is 0 Å². The minimum absolute atomic E-state index is 0.332. The van der Waals surface area contributed by atoms with Crippen molar-refractivity contribution in [3.63, 3.8) is 0 Å². The van der Waals surface area contributed by atoms with Gasteiger partial charge in [-0.25, -0.2) is 8.78 Å². The molecule has 2 heterocycles. The molecule has 38 heavy (non-hydrogen) atoms. The van der Waals surface area contributed by atoms with E-state index >= 15 is 0 Å². The number of fused-ring (bicyclic) bond motifs is 2. The minimum Gasteiger partial charge on any atom is -0.487 e. The first-order valence-corrected chi connectivity index (χ1v) is 15.3. The van der Waals surface area contributed by atoms with Gasteiger partial charge in [-0.1, -0.05) is 0 Å². The Hall–Kier alpha value is -2.36. The van der Waals surface area contributed by atoms with Gasteiger partial charge in [0.15, 0.2) is 0 Å². The van der Waals surface area contributed by atoms with Crippen LogP contribution in [0.1, 0.15) is 24.0 Å². The predicted molar refractivity (Wildman–Crippen MR) is 132 cm³/mol. The molecule has 0 fully saturated rings.